The minimum atomic E-state index is -0.0971. The second-order valence-corrected chi connectivity index (χ2v) is 5.81. The summed E-state index contributed by atoms with van der Waals surface area (Å²) in [5.41, 5.74) is 3.23. The molecule has 0 fully saturated rings. The molecular formula is C19H23N3O2. The van der Waals surface area contributed by atoms with Crippen LogP contribution in [0.2, 0.25) is 0 Å². The highest BCUT2D eigenvalue weighted by atomic mass is 16.5. The maximum atomic E-state index is 12.2. The van der Waals surface area contributed by atoms with Crippen molar-refractivity contribution in [2.45, 2.75) is 34.3 Å². The summed E-state index contributed by atoms with van der Waals surface area (Å²) in [6.45, 7) is 8.69. The molecule has 0 unspecified atom stereocenters. The molecule has 0 aliphatic heterocycles. The lowest BCUT2D eigenvalue weighted by atomic mass is 10.2. The number of aromatic nitrogens is 2. The number of carbonyl (C=O) groups excluding carboxylic acids is 1. The Morgan fingerprint density at radius 1 is 1.12 bits per heavy atom. The summed E-state index contributed by atoms with van der Waals surface area (Å²) >= 11 is 0. The summed E-state index contributed by atoms with van der Waals surface area (Å²) in [4.78, 5) is 13.7. The Balaban J connectivity index is 2.02. The van der Waals surface area contributed by atoms with E-state index in [1.54, 1.807) is 23.1 Å². The second kappa shape index (κ2) is 8.24. The van der Waals surface area contributed by atoms with Gasteiger partial charge in [-0.1, -0.05) is 35.4 Å². The number of nitrogens with zero attached hydrogens (tertiary/aromatic N) is 3. The summed E-state index contributed by atoms with van der Waals surface area (Å²) < 4.78 is 5.64. The lowest BCUT2D eigenvalue weighted by Crippen LogP contribution is -2.30. The molecule has 0 atom stereocenters. The van der Waals surface area contributed by atoms with Gasteiger partial charge in [-0.2, -0.15) is 0 Å². The van der Waals surface area contributed by atoms with Gasteiger partial charge in [-0.25, -0.2) is 0 Å². The first-order valence-corrected chi connectivity index (χ1v) is 7.98. The Morgan fingerprint density at radius 2 is 1.83 bits per heavy atom. The van der Waals surface area contributed by atoms with E-state index in [0.717, 1.165) is 11.1 Å². The molecule has 2 aromatic rings. The van der Waals surface area contributed by atoms with Gasteiger partial charge in [0.2, 0.25) is 5.88 Å². The van der Waals surface area contributed by atoms with Gasteiger partial charge < -0.3 is 4.74 Å². The molecule has 5 nitrogen and oxygen atoms in total. The van der Waals surface area contributed by atoms with Gasteiger partial charge in [-0.05, 0) is 39.3 Å². The fraction of sp³-hybridized carbons (Fsp3) is 0.316. The van der Waals surface area contributed by atoms with Crippen LogP contribution in [0, 0.1) is 6.92 Å². The maximum Gasteiger partial charge on any atom is 0.252 e. The topological polar surface area (TPSA) is 55.3 Å². The minimum Gasteiger partial charge on any atom is -0.472 e. The monoisotopic (exact) mass is 325 g/mol. The highest BCUT2D eigenvalue weighted by molar-refractivity contribution is 6.01. The van der Waals surface area contributed by atoms with E-state index in [1.165, 1.54) is 5.56 Å². The predicted molar refractivity (Wildman–Crippen MR) is 95.0 cm³/mol. The second-order valence-electron chi connectivity index (χ2n) is 5.81. The molecule has 0 bridgehead atoms. The van der Waals surface area contributed by atoms with Crippen molar-refractivity contribution >= 4 is 11.7 Å². The van der Waals surface area contributed by atoms with Crippen LogP contribution in [-0.4, -0.2) is 22.6 Å². The molecule has 1 amide bonds. The predicted octanol–water partition coefficient (Wildman–Crippen LogP) is 3.68. The van der Waals surface area contributed by atoms with Crippen LogP contribution >= 0.6 is 0 Å². The molecule has 0 saturated carbocycles. The van der Waals surface area contributed by atoms with E-state index >= 15 is 0 Å². The number of benzene rings is 1. The smallest absolute Gasteiger partial charge is 0.252 e. The number of allylic oxidation sites excluding steroid dienone is 1. The molecule has 0 spiro atoms. The van der Waals surface area contributed by atoms with Crippen molar-refractivity contribution in [2.24, 2.45) is 0 Å². The zero-order chi connectivity index (χ0) is 17.5. The molecule has 0 saturated heterocycles. The summed E-state index contributed by atoms with van der Waals surface area (Å²) in [6.07, 6.45) is 1.59. The summed E-state index contributed by atoms with van der Waals surface area (Å²) in [6, 6.07) is 11.6. The van der Waals surface area contributed by atoms with Crippen LogP contribution in [0.3, 0.4) is 0 Å². The molecule has 1 heterocycles. The van der Waals surface area contributed by atoms with Crippen LogP contribution in [0.5, 0.6) is 5.88 Å². The third-order valence-electron chi connectivity index (χ3n) is 3.40. The van der Waals surface area contributed by atoms with Gasteiger partial charge in [0, 0.05) is 18.7 Å². The molecular weight excluding hydrogens is 302 g/mol. The number of aryl methyl sites for hydroxylation is 1. The molecule has 0 radical (unpaired) electrons. The molecule has 2 rings (SSSR count). The average Bonchev–Trinajstić information content (AvgIpc) is 2.55. The average molecular weight is 325 g/mol. The standard InChI is InChI=1S/C19H23N3O2/c1-5-22(19(23)12-14(2)3)17-10-11-18(21-20-17)24-13-16-8-6-15(4)7-9-16/h6-12H,5,13H2,1-4H3. The van der Waals surface area contributed by atoms with E-state index in [1.807, 2.05) is 52.0 Å². The molecule has 0 aliphatic rings. The number of hydrogen-bond donors (Lipinski definition) is 0. The summed E-state index contributed by atoms with van der Waals surface area (Å²) in [5, 5.41) is 8.16. The molecule has 24 heavy (non-hydrogen) atoms. The van der Waals surface area contributed by atoms with E-state index in [-0.39, 0.29) is 5.91 Å². The lowest BCUT2D eigenvalue weighted by Gasteiger charge is -2.17. The van der Waals surface area contributed by atoms with Crippen LogP contribution in [0.1, 0.15) is 31.9 Å². The van der Waals surface area contributed by atoms with E-state index in [9.17, 15) is 4.79 Å². The van der Waals surface area contributed by atoms with Crippen LogP contribution in [0.15, 0.2) is 48.0 Å². The van der Waals surface area contributed by atoms with Crippen LogP contribution < -0.4 is 9.64 Å². The maximum absolute atomic E-state index is 12.2. The molecule has 126 valence electrons. The van der Waals surface area contributed by atoms with Gasteiger partial charge in [-0.15, -0.1) is 10.2 Å². The third kappa shape index (κ3) is 4.91. The minimum absolute atomic E-state index is 0.0971. The van der Waals surface area contributed by atoms with Crippen molar-refractivity contribution in [1.29, 1.82) is 0 Å². The summed E-state index contributed by atoms with van der Waals surface area (Å²) in [7, 11) is 0. The van der Waals surface area contributed by atoms with Crippen LogP contribution in [0.25, 0.3) is 0 Å². The van der Waals surface area contributed by atoms with E-state index < -0.39 is 0 Å². The number of amides is 1. The highest BCUT2D eigenvalue weighted by Gasteiger charge is 2.13. The van der Waals surface area contributed by atoms with Crippen molar-refractivity contribution in [3.05, 3.63) is 59.2 Å². The van der Waals surface area contributed by atoms with Gasteiger partial charge >= 0.3 is 0 Å². The Hall–Kier alpha value is -2.69. The largest absolute Gasteiger partial charge is 0.472 e. The van der Waals surface area contributed by atoms with Crippen molar-refractivity contribution in [2.75, 3.05) is 11.4 Å². The van der Waals surface area contributed by atoms with Crippen molar-refractivity contribution in [3.8, 4) is 5.88 Å². The van der Waals surface area contributed by atoms with E-state index in [4.69, 9.17) is 4.74 Å². The lowest BCUT2D eigenvalue weighted by molar-refractivity contribution is -0.114. The molecule has 0 N–H and O–H groups in total. The molecule has 5 heteroatoms. The zero-order valence-corrected chi connectivity index (χ0v) is 14.6. The van der Waals surface area contributed by atoms with E-state index in [0.29, 0.717) is 24.8 Å². The van der Waals surface area contributed by atoms with Gasteiger partial charge in [0.05, 0.1) is 0 Å². The molecule has 1 aromatic heterocycles. The highest BCUT2D eigenvalue weighted by Crippen LogP contribution is 2.15. The third-order valence-corrected chi connectivity index (χ3v) is 3.40. The first-order valence-electron chi connectivity index (χ1n) is 7.98. The molecule has 1 aromatic carbocycles. The molecule has 0 aliphatic carbocycles. The first kappa shape index (κ1) is 17.7. The number of rotatable bonds is 6. The van der Waals surface area contributed by atoms with Crippen molar-refractivity contribution in [3.63, 3.8) is 0 Å². The van der Waals surface area contributed by atoms with E-state index in [2.05, 4.69) is 10.2 Å². The van der Waals surface area contributed by atoms with Crippen molar-refractivity contribution in [1.82, 2.24) is 10.2 Å². The fourth-order valence-corrected chi connectivity index (χ4v) is 2.13. The van der Waals surface area contributed by atoms with Crippen molar-refractivity contribution < 1.29 is 9.53 Å². The summed E-state index contributed by atoms with van der Waals surface area (Å²) in [5.74, 6) is 0.854. The Kier molecular flexibility index (Phi) is 6.07. The van der Waals surface area contributed by atoms with Gasteiger partial charge in [0.1, 0.15) is 6.61 Å². The van der Waals surface area contributed by atoms with Gasteiger partial charge in [-0.3, -0.25) is 9.69 Å². The normalized spacial score (nSPS) is 10.2. The Labute approximate surface area is 143 Å². The fourth-order valence-electron chi connectivity index (χ4n) is 2.13. The number of hydrogen-bond acceptors (Lipinski definition) is 4. The number of anilines is 1. The number of ether oxygens (including phenoxy) is 1. The van der Waals surface area contributed by atoms with Gasteiger partial charge in [0.25, 0.3) is 5.91 Å². The SMILES string of the molecule is CCN(C(=O)C=C(C)C)c1ccc(OCc2ccc(C)cc2)nn1. The Bertz CT molecular complexity index is 702. The van der Waals surface area contributed by atoms with Crippen LogP contribution in [-0.2, 0) is 11.4 Å². The zero-order valence-electron chi connectivity index (χ0n) is 14.6. The number of likely N-dealkylation sites (N-methyl/N-ethyl adjacent to an activating group) is 1. The Morgan fingerprint density at radius 3 is 2.38 bits per heavy atom. The number of carbonyl (C=O) groups is 1. The quantitative estimate of drug-likeness (QED) is 0.760. The first-order chi connectivity index (χ1) is 11.5. The van der Waals surface area contributed by atoms with Crippen LogP contribution in [0.4, 0.5) is 5.82 Å². The van der Waals surface area contributed by atoms with Gasteiger partial charge in [0.15, 0.2) is 5.82 Å².